The van der Waals surface area contributed by atoms with Crippen molar-refractivity contribution in [3.05, 3.63) is 41.3 Å². The lowest BCUT2D eigenvalue weighted by Crippen LogP contribution is -1.95. The fourth-order valence-electron chi connectivity index (χ4n) is 1.37. The van der Waals surface area contributed by atoms with E-state index >= 15 is 0 Å². The third-order valence-corrected chi connectivity index (χ3v) is 2.15. The molecule has 2 aromatic rings. The van der Waals surface area contributed by atoms with Crippen LogP contribution in [-0.2, 0) is 0 Å². The fourth-order valence-corrected chi connectivity index (χ4v) is 1.37. The monoisotopic (exact) mass is 239 g/mol. The second kappa shape index (κ2) is 3.97. The van der Waals surface area contributed by atoms with Crippen LogP contribution in [0, 0.1) is 18.6 Å². The molecule has 1 heterocycles. The second-order valence-electron chi connectivity index (χ2n) is 3.36. The van der Waals surface area contributed by atoms with E-state index in [0.717, 1.165) is 18.2 Å². The summed E-state index contributed by atoms with van der Waals surface area (Å²) >= 11 is 0. The zero-order valence-electron chi connectivity index (χ0n) is 8.70. The summed E-state index contributed by atoms with van der Waals surface area (Å²) in [5.41, 5.74) is -0.100. The molecule has 0 aliphatic heterocycles. The Balaban J connectivity index is 2.57. The van der Waals surface area contributed by atoms with Gasteiger partial charge in [-0.1, -0.05) is 0 Å². The number of hydrogen-bond acceptors (Lipinski definition) is 3. The van der Waals surface area contributed by atoms with Crippen LogP contribution in [0.4, 0.5) is 8.78 Å². The minimum atomic E-state index is -1.31. The van der Waals surface area contributed by atoms with Crippen molar-refractivity contribution in [3.8, 4) is 11.5 Å². The molecule has 0 bridgehead atoms. The van der Waals surface area contributed by atoms with Crippen LogP contribution < -0.4 is 0 Å². The SMILES string of the molecule is Cc1nc(-c2cc(F)ccc2F)oc1C(=O)O. The summed E-state index contributed by atoms with van der Waals surface area (Å²) in [5.74, 6) is -3.34. The van der Waals surface area contributed by atoms with Gasteiger partial charge in [0.15, 0.2) is 0 Å². The summed E-state index contributed by atoms with van der Waals surface area (Å²) < 4.78 is 31.2. The molecule has 4 nitrogen and oxygen atoms in total. The van der Waals surface area contributed by atoms with E-state index in [1.54, 1.807) is 0 Å². The highest BCUT2D eigenvalue weighted by Crippen LogP contribution is 2.25. The molecule has 0 aliphatic carbocycles. The Bertz CT molecular complexity index is 592. The van der Waals surface area contributed by atoms with E-state index in [4.69, 9.17) is 9.52 Å². The van der Waals surface area contributed by atoms with Crippen molar-refractivity contribution in [1.29, 1.82) is 0 Å². The minimum absolute atomic E-state index is 0.108. The Morgan fingerprint density at radius 1 is 1.41 bits per heavy atom. The molecular formula is C11H7F2NO3. The molecule has 2 rings (SSSR count). The van der Waals surface area contributed by atoms with Crippen molar-refractivity contribution >= 4 is 5.97 Å². The molecule has 0 atom stereocenters. The number of aryl methyl sites for hydroxylation is 1. The predicted octanol–water partition coefficient (Wildman–Crippen LogP) is 2.63. The average Bonchev–Trinajstić information content (AvgIpc) is 2.64. The maximum atomic E-state index is 13.4. The van der Waals surface area contributed by atoms with Crippen molar-refractivity contribution < 1.29 is 23.1 Å². The van der Waals surface area contributed by atoms with Gasteiger partial charge >= 0.3 is 5.97 Å². The third-order valence-electron chi connectivity index (χ3n) is 2.15. The number of aromatic nitrogens is 1. The quantitative estimate of drug-likeness (QED) is 0.874. The number of benzene rings is 1. The van der Waals surface area contributed by atoms with Gasteiger partial charge in [-0.05, 0) is 25.1 Å². The van der Waals surface area contributed by atoms with Gasteiger partial charge in [0.25, 0.3) is 0 Å². The fraction of sp³-hybridized carbons (Fsp3) is 0.0909. The van der Waals surface area contributed by atoms with E-state index in [0.29, 0.717) is 0 Å². The van der Waals surface area contributed by atoms with Gasteiger partial charge in [-0.15, -0.1) is 0 Å². The van der Waals surface area contributed by atoms with Crippen LogP contribution in [0.2, 0.25) is 0 Å². The Morgan fingerprint density at radius 2 is 2.12 bits per heavy atom. The van der Waals surface area contributed by atoms with Gasteiger partial charge in [0.2, 0.25) is 11.7 Å². The van der Waals surface area contributed by atoms with E-state index in [-0.39, 0.29) is 22.9 Å². The van der Waals surface area contributed by atoms with Gasteiger partial charge in [0, 0.05) is 0 Å². The van der Waals surface area contributed by atoms with Crippen molar-refractivity contribution in [3.63, 3.8) is 0 Å². The standard InChI is InChI=1S/C11H7F2NO3/c1-5-9(11(15)16)17-10(14-5)7-4-6(12)2-3-8(7)13/h2-4H,1H3,(H,15,16). The molecule has 0 saturated carbocycles. The molecule has 1 aromatic heterocycles. The Kier molecular flexibility index (Phi) is 2.63. The number of rotatable bonds is 2. The first kappa shape index (κ1) is 11.3. The summed E-state index contributed by atoms with van der Waals surface area (Å²) in [6.45, 7) is 1.41. The first-order valence-corrected chi connectivity index (χ1v) is 4.65. The number of oxazole rings is 1. The highest BCUT2D eigenvalue weighted by atomic mass is 19.1. The smallest absolute Gasteiger partial charge is 0.373 e. The highest BCUT2D eigenvalue weighted by molar-refractivity contribution is 5.86. The summed E-state index contributed by atoms with van der Waals surface area (Å²) in [4.78, 5) is 14.5. The molecule has 0 spiro atoms. The molecule has 1 aromatic carbocycles. The number of hydrogen-bond donors (Lipinski definition) is 1. The Morgan fingerprint density at radius 3 is 2.71 bits per heavy atom. The molecule has 0 radical (unpaired) electrons. The van der Waals surface area contributed by atoms with E-state index < -0.39 is 17.6 Å². The second-order valence-corrected chi connectivity index (χ2v) is 3.36. The van der Waals surface area contributed by atoms with Gasteiger partial charge in [-0.2, -0.15) is 0 Å². The largest absolute Gasteiger partial charge is 0.475 e. The Labute approximate surface area is 94.5 Å². The topological polar surface area (TPSA) is 63.3 Å². The molecule has 6 heteroatoms. The number of nitrogens with zero attached hydrogens (tertiary/aromatic N) is 1. The van der Waals surface area contributed by atoms with E-state index in [9.17, 15) is 13.6 Å². The van der Waals surface area contributed by atoms with Crippen molar-refractivity contribution in [2.75, 3.05) is 0 Å². The number of halogens is 2. The lowest BCUT2D eigenvalue weighted by Gasteiger charge is -1.97. The number of carbonyl (C=O) groups is 1. The maximum Gasteiger partial charge on any atom is 0.373 e. The summed E-state index contributed by atoms with van der Waals surface area (Å²) in [7, 11) is 0. The molecule has 0 unspecified atom stereocenters. The normalized spacial score (nSPS) is 10.5. The van der Waals surface area contributed by atoms with Crippen molar-refractivity contribution in [2.45, 2.75) is 6.92 Å². The van der Waals surface area contributed by atoms with E-state index in [1.807, 2.05) is 0 Å². The third kappa shape index (κ3) is 2.01. The molecule has 0 amide bonds. The lowest BCUT2D eigenvalue weighted by molar-refractivity contribution is 0.0662. The van der Waals surface area contributed by atoms with Crippen LogP contribution in [0.3, 0.4) is 0 Å². The molecule has 0 fully saturated rings. The van der Waals surface area contributed by atoms with E-state index in [2.05, 4.69) is 4.98 Å². The first-order chi connectivity index (χ1) is 7.99. The average molecular weight is 239 g/mol. The first-order valence-electron chi connectivity index (χ1n) is 4.65. The van der Waals surface area contributed by atoms with Gasteiger partial charge in [-0.3, -0.25) is 0 Å². The van der Waals surface area contributed by atoms with Gasteiger partial charge in [0.1, 0.15) is 11.6 Å². The zero-order chi connectivity index (χ0) is 12.6. The van der Waals surface area contributed by atoms with Crippen LogP contribution in [0.25, 0.3) is 11.5 Å². The molecule has 17 heavy (non-hydrogen) atoms. The summed E-state index contributed by atoms with van der Waals surface area (Å²) in [6, 6.07) is 2.77. The lowest BCUT2D eigenvalue weighted by atomic mass is 10.2. The van der Waals surface area contributed by atoms with E-state index in [1.165, 1.54) is 6.92 Å². The summed E-state index contributed by atoms with van der Waals surface area (Å²) in [5, 5.41) is 8.75. The molecule has 1 N–H and O–H groups in total. The van der Waals surface area contributed by atoms with Crippen LogP contribution in [0.15, 0.2) is 22.6 Å². The zero-order valence-corrected chi connectivity index (χ0v) is 8.70. The van der Waals surface area contributed by atoms with Crippen molar-refractivity contribution in [1.82, 2.24) is 4.98 Å². The predicted molar refractivity (Wildman–Crippen MR) is 53.6 cm³/mol. The number of carboxylic acid groups (broad SMARTS) is 1. The summed E-state index contributed by atoms with van der Waals surface area (Å²) in [6.07, 6.45) is 0. The van der Waals surface area contributed by atoms with Crippen LogP contribution in [0.5, 0.6) is 0 Å². The van der Waals surface area contributed by atoms with Crippen LogP contribution >= 0.6 is 0 Å². The maximum absolute atomic E-state index is 13.4. The van der Waals surface area contributed by atoms with Gasteiger partial charge in [-0.25, -0.2) is 18.6 Å². The molecule has 0 saturated heterocycles. The molecule has 88 valence electrons. The Hall–Kier alpha value is -2.24. The minimum Gasteiger partial charge on any atom is -0.475 e. The highest BCUT2D eigenvalue weighted by Gasteiger charge is 2.19. The van der Waals surface area contributed by atoms with Gasteiger partial charge < -0.3 is 9.52 Å². The molecule has 0 aliphatic rings. The number of aromatic carboxylic acids is 1. The van der Waals surface area contributed by atoms with Crippen molar-refractivity contribution in [2.24, 2.45) is 0 Å². The van der Waals surface area contributed by atoms with Gasteiger partial charge in [0.05, 0.1) is 11.3 Å². The number of carboxylic acids is 1. The van der Waals surface area contributed by atoms with Crippen LogP contribution in [0.1, 0.15) is 16.2 Å². The molecular weight excluding hydrogens is 232 g/mol. The van der Waals surface area contributed by atoms with Crippen LogP contribution in [-0.4, -0.2) is 16.1 Å².